The van der Waals surface area contributed by atoms with Crippen molar-refractivity contribution in [2.45, 2.75) is 50.9 Å². The summed E-state index contributed by atoms with van der Waals surface area (Å²) in [6.45, 7) is 2.33. The Bertz CT molecular complexity index is 566. The van der Waals surface area contributed by atoms with Gasteiger partial charge in [0.2, 0.25) is 0 Å². The topological polar surface area (TPSA) is 37.3 Å². The average Bonchev–Trinajstić information content (AvgIpc) is 2.37. The van der Waals surface area contributed by atoms with Gasteiger partial charge in [-0.1, -0.05) is 37.3 Å². The van der Waals surface area contributed by atoms with E-state index >= 15 is 0 Å². The Hall–Kier alpha value is -1.31. The van der Waals surface area contributed by atoms with Crippen LogP contribution in [0.3, 0.4) is 0 Å². The van der Waals surface area contributed by atoms with Crippen LogP contribution >= 0.6 is 0 Å². The molecule has 4 aliphatic rings. The number of hydrogen-bond acceptors (Lipinski definition) is 1. The fourth-order valence-corrected chi connectivity index (χ4v) is 6.27. The molecule has 4 fully saturated rings. The number of hydrogen-bond donors (Lipinski definition) is 1. The summed E-state index contributed by atoms with van der Waals surface area (Å²) in [4.78, 5) is 12.0. The molecule has 1 aromatic carbocycles. The van der Waals surface area contributed by atoms with E-state index in [1.165, 1.54) is 24.8 Å². The molecule has 4 saturated carbocycles. The van der Waals surface area contributed by atoms with Crippen molar-refractivity contribution in [2.24, 2.45) is 16.7 Å². The third kappa shape index (κ3) is 1.54. The lowest BCUT2D eigenvalue weighted by Crippen LogP contribution is -2.60. The quantitative estimate of drug-likeness (QED) is 0.882. The molecule has 4 bridgehead atoms. The molecule has 1 aromatic rings. The Morgan fingerprint density at radius 2 is 1.85 bits per heavy atom. The molecule has 4 atom stereocenters. The monoisotopic (exact) mass is 270 g/mol. The van der Waals surface area contributed by atoms with Crippen molar-refractivity contribution in [3.8, 4) is 0 Å². The molecule has 0 heterocycles. The Morgan fingerprint density at radius 3 is 2.50 bits per heavy atom. The Labute approximate surface area is 120 Å². The lowest BCUT2D eigenvalue weighted by Gasteiger charge is -2.64. The number of carboxylic acid groups (broad SMARTS) is 1. The van der Waals surface area contributed by atoms with Gasteiger partial charge in [0.25, 0.3) is 0 Å². The van der Waals surface area contributed by atoms with Crippen LogP contribution in [0.1, 0.15) is 51.0 Å². The molecule has 4 aliphatic carbocycles. The zero-order valence-corrected chi connectivity index (χ0v) is 12.1. The molecule has 0 amide bonds. The molecule has 0 radical (unpaired) electrons. The SMILES string of the molecule is C[C@@]12C[C@H]3C[C@@](C(=O)O)(C1)C[C@@](c1ccccc1)(C3)C2. The fourth-order valence-electron chi connectivity index (χ4n) is 6.27. The highest BCUT2D eigenvalue weighted by atomic mass is 16.4. The van der Waals surface area contributed by atoms with Crippen LogP contribution in [0.4, 0.5) is 0 Å². The van der Waals surface area contributed by atoms with Crippen molar-refractivity contribution in [3.05, 3.63) is 35.9 Å². The highest BCUT2D eigenvalue weighted by molar-refractivity contribution is 5.76. The van der Waals surface area contributed by atoms with Gasteiger partial charge in [-0.3, -0.25) is 4.79 Å². The van der Waals surface area contributed by atoms with Gasteiger partial charge in [0.15, 0.2) is 0 Å². The molecule has 0 aromatic heterocycles. The maximum atomic E-state index is 12.0. The van der Waals surface area contributed by atoms with Gasteiger partial charge in [-0.2, -0.15) is 0 Å². The Kier molecular flexibility index (Phi) is 2.28. The molecule has 1 N–H and O–H groups in total. The minimum Gasteiger partial charge on any atom is -0.481 e. The molecule has 2 heteroatoms. The van der Waals surface area contributed by atoms with Gasteiger partial charge in [-0.25, -0.2) is 0 Å². The fraction of sp³-hybridized carbons (Fsp3) is 0.611. The predicted molar refractivity (Wildman–Crippen MR) is 77.5 cm³/mol. The van der Waals surface area contributed by atoms with E-state index in [4.69, 9.17) is 0 Å². The predicted octanol–water partition coefficient (Wildman–Crippen LogP) is 4.00. The van der Waals surface area contributed by atoms with Gasteiger partial charge >= 0.3 is 5.97 Å². The largest absolute Gasteiger partial charge is 0.481 e. The van der Waals surface area contributed by atoms with E-state index in [-0.39, 0.29) is 10.8 Å². The van der Waals surface area contributed by atoms with E-state index in [9.17, 15) is 9.90 Å². The zero-order chi connectivity index (χ0) is 14.0. The summed E-state index contributed by atoms with van der Waals surface area (Å²) in [5, 5.41) is 9.85. The summed E-state index contributed by atoms with van der Waals surface area (Å²) in [6.07, 6.45) is 6.26. The van der Waals surface area contributed by atoms with E-state index in [1.54, 1.807) is 0 Å². The van der Waals surface area contributed by atoms with Crippen molar-refractivity contribution < 1.29 is 9.90 Å². The summed E-state index contributed by atoms with van der Waals surface area (Å²) >= 11 is 0. The Morgan fingerprint density at radius 1 is 1.10 bits per heavy atom. The van der Waals surface area contributed by atoms with Crippen LogP contribution in [-0.2, 0) is 10.2 Å². The van der Waals surface area contributed by atoms with Crippen molar-refractivity contribution in [2.75, 3.05) is 0 Å². The third-order valence-corrected chi connectivity index (χ3v) is 6.19. The van der Waals surface area contributed by atoms with Gasteiger partial charge in [-0.05, 0) is 60.8 Å². The van der Waals surface area contributed by atoms with E-state index in [0.29, 0.717) is 5.92 Å². The van der Waals surface area contributed by atoms with Gasteiger partial charge in [-0.15, -0.1) is 0 Å². The van der Waals surface area contributed by atoms with Crippen LogP contribution in [0.25, 0.3) is 0 Å². The van der Waals surface area contributed by atoms with Gasteiger partial charge in [0.1, 0.15) is 0 Å². The van der Waals surface area contributed by atoms with Crippen LogP contribution < -0.4 is 0 Å². The molecule has 2 nitrogen and oxygen atoms in total. The average molecular weight is 270 g/mol. The van der Waals surface area contributed by atoms with Gasteiger partial charge in [0.05, 0.1) is 5.41 Å². The molecule has 0 spiro atoms. The summed E-state index contributed by atoms with van der Waals surface area (Å²) < 4.78 is 0. The lowest BCUT2D eigenvalue weighted by molar-refractivity contribution is -0.176. The molecule has 20 heavy (non-hydrogen) atoms. The lowest BCUT2D eigenvalue weighted by atomic mass is 9.39. The van der Waals surface area contributed by atoms with Crippen molar-refractivity contribution in [1.29, 1.82) is 0 Å². The van der Waals surface area contributed by atoms with E-state index in [0.717, 1.165) is 19.3 Å². The Balaban J connectivity index is 1.85. The summed E-state index contributed by atoms with van der Waals surface area (Å²) in [5.41, 5.74) is 1.27. The van der Waals surface area contributed by atoms with Crippen molar-refractivity contribution in [1.82, 2.24) is 0 Å². The number of carboxylic acids is 1. The van der Waals surface area contributed by atoms with Crippen molar-refractivity contribution >= 4 is 5.97 Å². The van der Waals surface area contributed by atoms with Crippen LogP contribution in [0.2, 0.25) is 0 Å². The van der Waals surface area contributed by atoms with E-state index < -0.39 is 11.4 Å². The van der Waals surface area contributed by atoms with Crippen LogP contribution in [-0.4, -0.2) is 11.1 Å². The molecular formula is C18H22O2. The van der Waals surface area contributed by atoms with Crippen LogP contribution in [0, 0.1) is 16.7 Å². The van der Waals surface area contributed by atoms with E-state index in [1.807, 2.05) is 0 Å². The highest BCUT2D eigenvalue weighted by Gasteiger charge is 2.64. The molecule has 106 valence electrons. The second-order valence-corrected chi connectivity index (χ2v) is 8.05. The maximum absolute atomic E-state index is 12.0. The second-order valence-electron chi connectivity index (χ2n) is 8.05. The maximum Gasteiger partial charge on any atom is 0.309 e. The van der Waals surface area contributed by atoms with Gasteiger partial charge < -0.3 is 5.11 Å². The van der Waals surface area contributed by atoms with E-state index in [2.05, 4.69) is 37.3 Å². The summed E-state index contributed by atoms with van der Waals surface area (Å²) in [5.74, 6) is 0.0562. The van der Waals surface area contributed by atoms with Gasteiger partial charge in [0, 0.05) is 0 Å². The first kappa shape index (κ1) is 12.4. The first-order valence-corrected chi connectivity index (χ1v) is 7.75. The molecular weight excluding hydrogens is 248 g/mol. The first-order chi connectivity index (χ1) is 9.46. The summed E-state index contributed by atoms with van der Waals surface area (Å²) in [7, 11) is 0. The normalized spacial score (nSPS) is 45.5. The molecule has 0 aliphatic heterocycles. The molecule has 0 saturated heterocycles. The second kappa shape index (κ2) is 3.66. The number of benzene rings is 1. The summed E-state index contributed by atoms with van der Waals surface area (Å²) in [6, 6.07) is 10.7. The highest BCUT2D eigenvalue weighted by Crippen LogP contribution is 2.69. The number of carbonyl (C=O) groups is 1. The van der Waals surface area contributed by atoms with Crippen molar-refractivity contribution in [3.63, 3.8) is 0 Å². The first-order valence-electron chi connectivity index (χ1n) is 7.75. The standard InChI is InChI=1S/C18H22O2/c1-16-7-13-8-17(10-16,14-5-3-2-4-6-14)12-18(9-13,11-16)15(19)20/h2-6,13H,7-12H2,1H3,(H,19,20)/t13-,16+,17-,18-/m1/s1. The van der Waals surface area contributed by atoms with Crippen LogP contribution in [0.15, 0.2) is 30.3 Å². The smallest absolute Gasteiger partial charge is 0.309 e. The third-order valence-electron chi connectivity index (χ3n) is 6.19. The van der Waals surface area contributed by atoms with Crippen LogP contribution in [0.5, 0.6) is 0 Å². The zero-order valence-electron chi connectivity index (χ0n) is 12.1. The number of aliphatic carboxylic acids is 1. The number of rotatable bonds is 2. The molecule has 0 unspecified atom stereocenters. The molecule has 5 rings (SSSR count). The minimum absolute atomic E-state index is 0.119. The minimum atomic E-state index is -0.548.